The molecule has 2 fully saturated rings. The molecule has 2 saturated carbocycles. The number of carbonyl (C=O) groups excluding carboxylic acids is 10. The first-order valence-electron chi connectivity index (χ1n) is 29.3. The molecule has 25 heteroatoms. The van der Waals surface area contributed by atoms with Crippen molar-refractivity contribution in [1.82, 2.24) is 0 Å². The van der Waals surface area contributed by atoms with E-state index in [-0.39, 0.29) is 75.8 Å². The van der Waals surface area contributed by atoms with Gasteiger partial charge in [0, 0.05) is 25.0 Å². The minimum absolute atomic E-state index is 0.0468. The number of esters is 10. The largest absolute Gasteiger partial charge is 0.465 e. The molecule has 0 amide bonds. The highest BCUT2D eigenvalue weighted by molar-refractivity contribution is 8.24. The maximum Gasteiger partial charge on any atom is 0.330 e. The van der Waals surface area contributed by atoms with Gasteiger partial charge in [0.05, 0.1) is 89.3 Å². The minimum atomic E-state index is -0.700. The SMILES string of the molecule is C=CC(=O)OCC(C)OC(=O)CCC(=O)OCCc1ccc(OC(=O)[C@H]2CC[C@H](C(=O)Oc3ccc(OC(=O)[C@H]4CC[C@H](C(=O)Oc5ccc(CCOC(=O)CCC(=O)OCC(C)OCC(C)OC(=O)C=C)cc5)CC4)c4c3SC(=C(C#N)C#N)S4)CC2)cc1. The van der Waals surface area contributed by atoms with E-state index in [2.05, 4.69) is 13.2 Å². The zero-order valence-electron chi connectivity index (χ0n) is 50.1. The Bertz CT molecular complexity index is 3210. The van der Waals surface area contributed by atoms with Gasteiger partial charge in [0.2, 0.25) is 0 Å². The van der Waals surface area contributed by atoms with Gasteiger partial charge >= 0.3 is 59.7 Å². The van der Waals surface area contributed by atoms with Crippen molar-refractivity contribution in [3.05, 3.63) is 107 Å². The molecule has 478 valence electrons. The molecule has 1 heterocycles. The molecule has 0 bridgehead atoms. The number of hydrogen-bond acceptors (Lipinski definition) is 25. The third-order valence-electron chi connectivity index (χ3n) is 14.3. The third-order valence-corrected chi connectivity index (χ3v) is 16.9. The predicted molar refractivity (Wildman–Crippen MR) is 319 cm³/mol. The smallest absolute Gasteiger partial charge is 0.330 e. The number of nitrogens with zero attached hydrogens (tertiary/aromatic N) is 2. The van der Waals surface area contributed by atoms with Crippen LogP contribution in [0, 0.1) is 46.3 Å². The molecular weight excluding hydrogens is 1210 g/mol. The highest BCUT2D eigenvalue weighted by Crippen LogP contribution is 2.59. The van der Waals surface area contributed by atoms with E-state index in [1.54, 1.807) is 69.3 Å². The summed E-state index contributed by atoms with van der Waals surface area (Å²) in [7, 11) is 0. The van der Waals surface area contributed by atoms with E-state index >= 15 is 0 Å². The van der Waals surface area contributed by atoms with Crippen LogP contribution in [0.4, 0.5) is 0 Å². The summed E-state index contributed by atoms with van der Waals surface area (Å²) in [6.45, 7) is 11.5. The maximum atomic E-state index is 13.7. The van der Waals surface area contributed by atoms with Gasteiger partial charge in [-0.2, -0.15) is 10.5 Å². The fourth-order valence-electron chi connectivity index (χ4n) is 9.27. The van der Waals surface area contributed by atoms with Gasteiger partial charge in [0.25, 0.3) is 0 Å². The average Bonchev–Trinajstić information content (AvgIpc) is 1.94. The van der Waals surface area contributed by atoms with Crippen LogP contribution in [0.3, 0.4) is 0 Å². The van der Waals surface area contributed by atoms with E-state index in [4.69, 9.17) is 52.1 Å². The molecule has 0 aromatic heterocycles. The molecule has 3 aromatic rings. The zero-order valence-corrected chi connectivity index (χ0v) is 51.7. The fourth-order valence-corrected chi connectivity index (χ4v) is 11.8. The van der Waals surface area contributed by atoms with Crippen molar-refractivity contribution in [2.75, 3.05) is 33.0 Å². The normalized spacial score (nSPS) is 17.5. The fraction of sp³-hybridized carbons (Fsp3) is 0.446. The number of fused-ring (bicyclic) bond motifs is 1. The number of allylic oxidation sites excluding steroid dienone is 1. The van der Waals surface area contributed by atoms with Gasteiger partial charge in [-0.25, -0.2) is 9.59 Å². The van der Waals surface area contributed by atoms with E-state index in [1.165, 1.54) is 12.1 Å². The number of rotatable bonds is 31. The van der Waals surface area contributed by atoms with Crippen molar-refractivity contribution in [3.63, 3.8) is 0 Å². The highest BCUT2D eigenvalue weighted by Gasteiger charge is 2.37. The monoisotopic (exact) mass is 1280 g/mol. The summed E-state index contributed by atoms with van der Waals surface area (Å²) in [6.07, 6.45) is 3.09. The Hall–Kier alpha value is -8.78. The van der Waals surface area contributed by atoms with Crippen molar-refractivity contribution >= 4 is 83.2 Å². The molecule has 3 atom stereocenters. The van der Waals surface area contributed by atoms with Crippen LogP contribution in [-0.4, -0.2) is 111 Å². The average molecular weight is 1280 g/mol. The molecule has 0 N–H and O–H groups in total. The Balaban J connectivity index is 0.885. The lowest BCUT2D eigenvalue weighted by molar-refractivity contribution is -0.157. The molecule has 90 heavy (non-hydrogen) atoms. The summed E-state index contributed by atoms with van der Waals surface area (Å²) in [5, 5.41) is 19.4. The van der Waals surface area contributed by atoms with E-state index in [0.29, 0.717) is 89.7 Å². The molecule has 0 spiro atoms. The zero-order chi connectivity index (χ0) is 65.1. The third kappa shape index (κ3) is 23.0. The van der Waals surface area contributed by atoms with Crippen molar-refractivity contribution in [3.8, 4) is 35.1 Å². The lowest BCUT2D eigenvalue weighted by atomic mass is 9.82. The summed E-state index contributed by atoms with van der Waals surface area (Å²) in [5.74, 6) is -6.73. The summed E-state index contributed by atoms with van der Waals surface area (Å²) in [5.41, 5.74) is 1.44. The van der Waals surface area contributed by atoms with Crippen LogP contribution in [0.5, 0.6) is 23.0 Å². The number of ether oxygens (including phenoxy) is 11. The van der Waals surface area contributed by atoms with Crippen LogP contribution in [0.15, 0.2) is 106 Å². The van der Waals surface area contributed by atoms with Crippen LogP contribution >= 0.6 is 23.5 Å². The van der Waals surface area contributed by atoms with E-state index in [1.807, 2.05) is 12.1 Å². The summed E-state index contributed by atoms with van der Waals surface area (Å²) < 4.78 is 59.7. The Kier molecular flexibility index (Phi) is 28.1. The second-order valence-electron chi connectivity index (χ2n) is 21.2. The summed E-state index contributed by atoms with van der Waals surface area (Å²) in [6, 6.07) is 20.2. The van der Waals surface area contributed by atoms with E-state index < -0.39 is 102 Å². The van der Waals surface area contributed by atoms with Gasteiger partial charge in [-0.1, -0.05) is 60.9 Å². The van der Waals surface area contributed by atoms with Crippen LogP contribution < -0.4 is 18.9 Å². The Morgan fingerprint density at radius 1 is 0.478 bits per heavy atom. The molecular formula is C65H70N2O21S2. The second-order valence-corrected chi connectivity index (χ2v) is 23.5. The van der Waals surface area contributed by atoms with Gasteiger partial charge in [0.1, 0.15) is 66.1 Å². The molecule has 23 nitrogen and oxygen atoms in total. The molecule has 3 unspecified atom stereocenters. The Labute approximate surface area is 529 Å². The van der Waals surface area contributed by atoms with Crippen LogP contribution in [0.25, 0.3) is 0 Å². The van der Waals surface area contributed by atoms with Gasteiger partial charge in [-0.05, 0) is 120 Å². The molecule has 2 aliphatic carbocycles. The predicted octanol–water partition coefficient (Wildman–Crippen LogP) is 9.24. The highest BCUT2D eigenvalue weighted by atomic mass is 32.2. The molecule has 6 rings (SSSR count). The van der Waals surface area contributed by atoms with Crippen molar-refractivity contribution < 1.29 is 100 Å². The van der Waals surface area contributed by atoms with E-state index in [9.17, 15) is 58.5 Å². The van der Waals surface area contributed by atoms with Crippen molar-refractivity contribution in [1.29, 1.82) is 10.5 Å². The Morgan fingerprint density at radius 3 is 1.27 bits per heavy atom. The quantitative estimate of drug-likeness (QED) is 0.0190. The van der Waals surface area contributed by atoms with Gasteiger partial charge in [0.15, 0.2) is 0 Å². The van der Waals surface area contributed by atoms with E-state index in [0.717, 1.165) is 46.8 Å². The van der Waals surface area contributed by atoms with Crippen LogP contribution in [-0.2, 0) is 93.9 Å². The molecule has 1 aliphatic heterocycles. The lowest BCUT2D eigenvalue weighted by Gasteiger charge is -2.26. The van der Waals surface area contributed by atoms with Crippen molar-refractivity contribution in [2.24, 2.45) is 23.7 Å². The maximum absolute atomic E-state index is 13.7. The number of thioether (sulfide) groups is 2. The number of carbonyl (C=O) groups is 10. The first kappa shape index (κ1) is 70.3. The molecule has 0 radical (unpaired) electrons. The van der Waals surface area contributed by atoms with Crippen molar-refractivity contribution in [2.45, 2.75) is 139 Å². The van der Waals surface area contributed by atoms with Gasteiger partial charge in [-0.15, -0.1) is 0 Å². The lowest BCUT2D eigenvalue weighted by Crippen LogP contribution is -2.30. The topological polar surface area (TPSA) is 320 Å². The van der Waals surface area contributed by atoms with Gasteiger partial charge < -0.3 is 52.1 Å². The van der Waals surface area contributed by atoms with Crippen LogP contribution in [0.1, 0.15) is 109 Å². The second kappa shape index (κ2) is 36.0. The standard InChI is InChI=1S/C65H70N2O21S2/c1-6-53(68)81-38-41(5)84-58(73)29-28-56(71)79-33-31-43-10-22-50(23-11-43)86-62(75)45-14-18-47(19-15-45)64(77)88-52-25-24-51(59-60(52)90-65(89-59)48(34-66)35-67)87-63(76)46-16-12-44(13-17-46)61(74)85-49-20-8-42(9-21-49)30-32-78-55(70)26-27-57(72)82-36-39(3)80-37-40(4)83-54(69)7-2/h6-11,20-25,39-41,44-47H,1-2,12-19,26-33,36-38H2,3-5H3/t39?,40?,41?,44-,45-,46-,47-. The number of nitriles is 2. The van der Waals surface area contributed by atoms with Crippen LogP contribution in [0.2, 0.25) is 0 Å². The molecule has 3 aromatic carbocycles. The summed E-state index contributed by atoms with van der Waals surface area (Å²) in [4.78, 5) is 126. The molecule has 0 saturated heterocycles. The Morgan fingerprint density at radius 2 is 0.856 bits per heavy atom. The molecule has 3 aliphatic rings. The summed E-state index contributed by atoms with van der Waals surface area (Å²) >= 11 is 2.09. The minimum Gasteiger partial charge on any atom is -0.465 e. The van der Waals surface area contributed by atoms with Gasteiger partial charge in [-0.3, -0.25) is 38.4 Å². The first-order chi connectivity index (χ1) is 43.2. The number of benzene rings is 3. The first-order valence-corrected chi connectivity index (χ1v) is 30.9. The number of hydrogen-bond donors (Lipinski definition) is 0.